The van der Waals surface area contributed by atoms with Gasteiger partial charge in [0.05, 0.1) is 6.20 Å². The van der Waals surface area contributed by atoms with Crippen molar-refractivity contribution in [1.29, 1.82) is 0 Å². The summed E-state index contributed by atoms with van der Waals surface area (Å²) in [6, 6.07) is 0.487. The molecule has 0 saturated carbocycles. The molecule has 0 radical (unpaired) electrons. The van der Waals surface area contributed by atoms with Crippen molar-refractivity contribution < 1.29 is 4.39 Å². The van der Waals surface area contributed by atoms with E-state index in [4.69, 9.17) is 0 Å². The van der Waals surface area contributed by atoms with Crippen LogP contribution >= 0.6 is 0 Å². The van der Waals surface area contributed by atoms with E-state index in [1.165, 1.54) is 6.20 Å². The van der Waals surface area contributed by atoms with Gasteiger partial charge in [0.25, 0.3) is 0 Å². The van der Waals surface area contributed by atoms with Gasteiger partial charge in [0.1, 0.15) is 0 Å². The molecule has 0 spiro atoms. The molecule has 1 aromatic rings. The Bertz CT molecular complexity index is 450. The van der Waals surface area contributed by atoms with Crippen molar-refractivity contribution in [3.63, 3.8) is 0 Å². The molecule has 5 nitrogen and oxygen atoms in total. The van der Waals surface area contributed by atoms with Crippen LogP contribution < -0.4 is 10.2 Å². The molecule has 1 aliphatic heterocycles. The molecule has 1 aromatic heterocycles. The van der Waals surface area contributed by atoms with E-state index in [-0.39, 0.29) is 5.82 Å². The van der Waals surface area contributed by atoms with Crippen LogP contribution in [0.15, 0.2) is 6.20 Å². The molecular formula is C15H26FN5. The molecule has 1 N–H and O–H groups in total. The average Bonchev–Trinajstić information content (AvgIpc) is 2.97. The van der Waals surface area contributed by atoms with Crippen LogP contribution in [0, 0.1) is 5.82 Å². The van der Waals surface area contributed by atoms with Crippen LogP contribution in [0.1, 0.15) is 33.6 Å². The minimum absolute atomic E-state index is 0.336. The van der Waals surface area contributed by atoms with Gasteiger partial charge in [-0.1, -0.05) is 20.8 Å². The smallest absolute Gasteiger partial charge is 0.224 e. The Hall–Kier alpha value is -1.43. The fraction of sp³-hybridized carbons (Fsp3) is 0.733. The summed E-state index contributed by atoms with van der Waals surface area (Å²) in [5, 5.41) is 3.12. The SMILES string of the molecule is CCCNc1ncc(F)c(N2CCC(N(CC)CC)C2)n1. The van der Waals surface area contributed by atoms with E-state index in [9.17, 15) is 4.39 Å². The quantitative estimate of drug-likeness (QED) is 0.836. The summed E-state index contributed by atoms with van der Waals surface area (Å²) in [5.74, 6) is 0.607. The van der Waals surface area contributed by atoms with Crippen LogP contribution in [0.25, 0.3) is 0 Å². The van der Waals surface area contributed by atoms with E-state index in [0.29, 0.717) is 17.8 Å². The summed E-state index contributed by atoms with van der Waals surface area (Å²) in [7, 11) is 0. The van der Waals surface area contributed by atoms with Crippen molar-refractivity contribution in [3.05, 3.63) is 12.0 Å². The van der Waals surface area contributed by atoms with Crippen LogP contribution in [0.2, 0.25) is 0 Å². The number of hydrogen-bond donors (Lipinski definition) is 1. The summed E-state index contributed by atoms with van der Waals surface area (Å²) < 4.78 is 14.0. The topological polar surface area (TPSA) is 44.3 Å². The molecule has 0 bridgehead atoms. The van der Waals surface area contributed by atoms with Crippen molar-refractivity contribution in [2.45, 2.75) is 39.7 Å². The van der Waals surface area contributed by atoms with Gasteiger partial charge < -0.3 is 10.2 Å². The second kappa shape index (κ2) is 7.54. The highest BCUT2D eigenvalue weighted by Gasteiger charge is 2.28. The molecule has 1 saturated heterocycles. The van der Waals surface area contributed by atoms with E-state index >= 15 is 0 Å². The summed E-state index contributed by atoms with van der Waals surface area (Å²) >= 11 is 0. The molecule has 118 valence electrons. The highest BCUT2D eigenvalue weighted by molar-refractivity contribution is 5.45. The average molecular weight is 295 g/mol. The van der Waals surface area contributed by atoms with E-state index in [1.54, 1.807) is 0 Å². The lowest BCUT2D eigenvalue weighted by molar-refractivity contribution is 0.232. The lowest BCUT2D eigenvalue weighted by atomic mass is 10.2. The first-order chi connectivity index (χ1) is 10.2. The molecule has 21 heavy (non-hydrogen) atoms. The second-order valence-corrected chi connectivity index (χ2v) is 5.40. The first-order valence-corrected chi connectivity index (χ1v) is 7.94. The number of anilines is 2. The van der Waals surface area contributed by atoms with Gasteiger partial charge in [0.15, 0.2) is 11.6 Å². The number of nitrogens with zero attached hydrogens (tertiary/aromatic N) is 4. The molecule has 2 rings (SSSR count). The molecule has 0 aliphatic carbocycles. The van der Waals surface area contributed by atoms with Gasteiger partial charge >= 0.3 is 0 Å². The molecule has 1 fully saturated rings. The van der Waals surface area contributed by atoms with Gasteiger partial charge in [-0.2, -0.15) is 4.98 Å². The molecule has 0 aromatic carbocycles. The molecule has 0 amide bonds. The normalized spacial score (nSPS) is 18.5. The van der Waals surface area contributed by atoms with Crippen molar-refractivity contribution in [2.75, 3.05) is 42.9 Å². The predicted octanol–water partition coefficient (Wildman–Crippen LogP) is 2.36. The number of aromatic nitrogens is 2. The van der Waals surface area contributed by atoms with E-state index in [1.807, 2.05) is 4.90 Å². The van der Waals surface area contributed by atoms with Crippen molar-refractivity contribution >= 4 is 11.8 Å². The summed E-state index contributed by atoms with van der Waals surface area (Å²) in [4.78, 5) is 12.8. The first kappa shape index (κ1) is 15.9. The number of hydrogen-bond acceptors (Lipinski definition) is 5. The van der Waals surface area contributed by atoms with Crippen molar-refractivity contribution in [1.82, 2.24) is 14.9 Å². The Kier molecular flexibility index (Phi) is 5.73. The minimum Gasteiger partial charge on any atom is -0.354 e. The first-order valence-electron chi connectivity index (χ1n) is 7.94. The molecule has 6 heteroatoms. The third-order valence-corrected chi connectivity index (χ3v) is 4.05. The molecule has 1 aliphatic rings. The number of nitrogens with one attached hydrogen (secondary N) is 1. The summed E-state index contributed by atoms with van der Waals surface area (Å²) in [5.41, 5.74) is 0. The Morgan fingerprint density at radius 3 is 2.81 bits per heavy atom. The Balaban J connectivity index is 2.08. The predicted molar refractivity (Wildman–Crippen MR) is 84.3 cm³/mol. The third-order valence-electron chi connectivity index (χ3n) is 4.05. The lowest BCUT2D eigenvalue weighted by Crippen LogP contribution is -2.37. The monoisotopic (exact) mass is 295 g/mol. The van der Waals surface area contributed by atoms with E-state index < -0.39 is 0 Å². The zero-order valence-corrected chi connectivity index (χ0v) is 13.3. The third kappa shape index (κ3) is 3.81. The number of rotatable bonds is 7. The van der Waals surface area contributed by atoms with Gasteiger partial charge in [0, 0.05) is 25.7 Å². The van der Waals surface area contributed by atoms with Gasteiger partial charge in [0.2, 0.25) is 5.95 Å². The van der Waals surface area contributed by atoms with Gasteiger partial charge in [-0.15, -0.1) is 0 Å². The highest BCUT2D eigenvalue weighted by Crippen LogP contribution is 2.24. The van der Waals surface area contributed by atoms with Crippen LogP contribution in [0.3, 0.4) is 0 Å². The highest BCUT2D eigenvalue weighted by atomic mass is 19.1. The van der Waals surface area contributed by atoms with Crippen LogP contribution in [0.5, 0.6) is 0 Å². The second-order valence-electron chi connectivity index (χ2n) is 5.40. The van der Waals surface area contributed by atoms with Crippen LogP contribution in [-0.4, -0.2) is 53.6 Å². The van der Waals surface area contributed by atoms with Gasteiger partial charge in [-0.3, -0.25) is 4.90 Å². The van der Waals surface area contributed by atoms with Crippen LogP contribution in [0.4, 0.5) is 16.2 Å². The molecular weight excluding hydrogens is 269 g/mol. The zero-order valence-electron chi connectivity index (χ0n) is 13.3. The molecule has 1 atom stereocenters. The van der Waals surface area contributed by atoms with E-state index in [2.05, 4.69) is 41.0 Å². The molecule has 2 heterocycles. The Labute approximate surface area is 126 Å². The Morgan fingerprint density at radius 2 is 2.14 bits per heavy atom. The van der Waals surface area contributed by atoms with E-state index in [0.717, 1.165) is 45.6 Å². The number of halogens is 1. The Morgan fingerprint density at radius 1 is 1.38 bits per heavy atom. The minimum atomic E-state index is -0.336. The fourth-order valence-electron chi connectivity index (χ4n) is 2.87. The van der Waals surface area contributed by atoms with Gasteiger partial charge in [-0.25, -0.2) is 9.37 Å². The van der Waals surface area contributed by atoms with Crippen molar-refractivity contribution in [3.8, 4) is 0 Å². The molecule has 1 unspecified atom stereocenters. The fourth-order valence-corrected chi connectivity index (χ4v) is 2.87. The maximum Gasteiger partial charge on any atom is 0.224 e. The standard InChI is InChI=1S/C15H26FN5/c1-4-8-17-15-18-10-13(16)14(19-15)21-9-7-12(11-21)20(5-2)6-3/h10,12H,4-9,11H2,1-3H3,(H,17,18,19). The largest absolute Gasteiger partial charge is 0.354 e. The maximum absolute atomic E-state index is 14.0. The number of likely N-dealkylation sites (N-methyl/N-ethyl adjacent to an activating group) is 1. The van der Waals surface area contributed by atoms with Gasteiger partial charge in [-0.05, 0) is 25.9 Å². The maximum atomic E-state index is 14.0. The summed E-state index contributed by atoms with van der Waals surface area (Å²) in [6.45, 7) is 11.0. The lowest BCUT2D eigenvalue weighted by Gasteiger charge is -2.26. The summed E-state index contributed by atoms with van der Waals surface area (Å²) in [6.07, 6.45) is 3.32. The van der Waals surface area contributed by atoms with Crippen molar-refractivity contribution in [2.24, 2.45) is 0 Å². The van der Waals surface area contributed by atoms with Crippen LogP contribution in [-0.2, 0) is 0 Å². The zero-order chi connectivity index (χ0) is 15.2.